The number of ether oxygens (including phenoxy) is 2. The van der Waals surface area contributed by atoms with Gasteiger partial charge in [0.05, 0.1) is 17.2 Å². The van der Waals surface area contributed by atoms with E-state index in [2.05, 4.69) is 9.97 Å². The minimum absolute atomic E-state index is 0.400. The van der Waals surface area contributed by atoms with Crippen LogP contribution in [0.5, 0.6) is 23.1 Å². The maximum Gasteiger partial charge on any atom is 0.238 e. The second-order valence-corrected chi connectivity index (χ2v) is 6.60. The van der Waals surface area contributed by atoms with Gasteiger partial charge in [0, 0.05) is 17.4 Å². The van der Waals surface area contributed by atoms with Crippen LogP contribution in [0, 0.1) is 13.8 Å². The van der Waals surface area contributed by atoms with Crippen LogP contribution < -0.4 is 20.9 Å². The van der Waals surface area contributed by atoms with Crippen molar-refractivity contribution in [3.63, 3.8) is 0 Å². The molecule has 1 heterocycles. The van der Waals surface area contributed by atoms with Gasteiger partial charge in [-0.25, -0.2) is 9.97 Å². The number of anilines is 2. The van der Waals surface area contributed by atoms with Gasteiger partial charge in [-0.1, -0.05) is 0 Å². The first-order chi connectivity index (χ1) is 13.5. The SMILES string of the molecule is Cc1cc(Oc2ccc3ncc(Oc4ccc(N)c(C)c4)nc3c2)ccc1N. The normalized spacial score (nSPS) is 10.8. The van der Waals surface area contributed by atoms with Gasteiger partial charge in [-0.05, 0) is 73.5 Å². The molecule has 0 fully saturated rings. The van der Waals surface area contributed by atoms with Crippen molar-refractivity contribution in [1.82, 2.24) is 9.97 Å². The number of aryl methyl sites for hydroxylation is 2. The third kappa shape index (κ3) is 3.66. The van der Waals surface area contributed by atoms with Gasteiger partial charge in [0.1, 0.15) is 17.2 Å². The number of nitrogen functional groups attached to an aromatic ring is 2. The quantitative estimate of drug-likeness (QED) is 0.490. The minimum atomic E-state index is 0.400. The van der Waals surface area contributed by atoms with E-state index in [9.17, 15) is 0 Å². The first-order valence-corrected chi connectivity index (χ1v) is 8.83. The van der Waals surface area contributed by atoms with Crippen molar-refractivity contribution >= 4 is 22.4 Å². The van der Waals surface area contributed by atoms with Gasteiger partial charge in [-0.15, -0.1) is 0 Å². The Morgan fingerprint density at radius 3 is 1.89 bits per heavy atom. The number of aromatic nitrogens is 2. The predicted octanol–water partition coefficient (Wildman–Crippen LogP) is 5.00. The molecule has 0 aliphatic heterocycles. The van der Waals surface area contributed by atoms with Crippen LogP contribution in [0.2, 0.25) is 0 Å². The van der Waals surface area contributed by atoms with Crippen LogP contribution in [-0.4, -0.2) is 9.97 Å². The molecule has 0 radical (unpaired) electrons. The number of hydrogen-bond donors (Lipinski definition) is 2. The van der Waals surface area contributed by atoms with E-state index in [1.807, 2.05) is 56.3 Å². The Morgan fingerprint density at radius 1 is 0.679 bits per heavy atom. The summed E-state index contributed by atoms with van der Waals surface area (Å²) < 4.78 is 11.8. The molecule has 0 aliphatic rings. The molecule has 1 aromatic heterocycles. The second-order valence-electron chi connectivity index (χ2n) is 6.60. The van der Waals surface area contributed by atoms with Crippen molar-refractivity contribution in [2.45, 2.75) is 13.8 Å². The number of fused-ring (bicyclic) bond motifs is 1. The van der Waals surface area contributed by atoms with E-state index < -0.39 is 0 Å². The van der Waals surface area contributed by atoms with Crippen molar-refractivity contribution in [1.29, 1.82) is 0 Å². The van der Waals surface area contributed by atoms with E-state index in [1.165, 1.54) is 0 Å². The summed E-state index contributed by atoms with van der Waals surface area (Å²) in [4.78, 5) is 8.95. The van der Waals surface area contributed by atoms with Gasteiger partial charge in [-0.2, -0.15) is 0 Å². The van der Waals surface area contributed by atoms with Crippen LogP contribution in [0.3, 0.4) is 0 Å². The number of nitrogens with zero attached hydrogens (tertiary/aromatic N) is 2. The second kappa shape index (κ2) is 7.08. The molecule has 0 saturated heterocycles. The standard InChI is InChI=1S/C22H20N4O2/c1-13-9-15(3-6-18(13)23)27-17-5-8-20-21(11-17)26-22(12-25-20)28-16-4-7-19(24)14(2)10-16/h3-12H,23-24H2,1-2H3. The molecule has 4 N–H and O–H groups in total. The first-order valence-electron chi connectivity index (χ1n) is 8.83. The number of nitrogens with two attached hydrogens (primary N) is 2. The van der Waals surface area contributed by atoms with E-state index in [1.54, 1.807) is 18.3 Å². The molecule has 0 bridgehead atoms. The number of benzene rings is 3. The molecule has 0 aliphatic carbocycles. The molecule has 0 spiro atoms. The van der Waals surface area contributed by atoms with Crippen LogP contribution in [0.1, 0.15) is 11.1 Å². The Morgan fingerprint density at radius 2 is 1.25 bits per heavy atom. The van der Waals surface area contributed by atoms with E-state index >= 15 is 0 Å². The smallest absolute Gasteiger partial charge is 0.238 e. The lowest BCUT2D eigenvalue weighted by Crippen LogP contribution is -1.94. The molecule has 0 unspecified atom stereocenters. The average Bonchev–Trinajstić information content (AvgIpc) is 2.67. The number of rotatable bonds is 4. The maximum atomic E-state index is 5.93. The fourth-order valence-corrected chi connectivity index (χ4v) is 2.77. The minimum Gasteiger partial charge on any atom is -0.457 e. The first kappa shape index (κ1) is 17.6. The van der Waals surface area contributed by atoms with Crippen LogP contribution in [0.4, 0.5) is 11.4 Å². The topological polar surface area (TPSA) is 96.3 Å². The van der Waals surface area contributed by atoms with Crippen molar-refractivity contribution in [3.8, 4) is 23.1 Å². The third-order valence-corrected chi connectivity index (χ3v) is 4.43. The average molecular weight is 372 g/mol. The lowest BCUT2D eigenvalue weighted by Gasteiger charge is -2.10. The van der Waals surface area contributed by atoms with Crippen molar-refractivity contribution in [2.75, 3.05) is 11.5 Å². The fourth-order valence-electron chi connectivity index (χ4n) is 2.77. The summed E-state index contributed by atoms with van der Waals surface area (Å²) in [6, 6.07) is 16.6. The lowest BCUT2D eigenvalue weighted by atomic mass is 10.2. The summed E-state index contributed by atoms with van der Waals surface area (Å²) in [5.74, 6) is 2.43. The molecule has 0 atom stereocenters. The van der Waals surface area contributed by atoms with E-state index in [4.69, 9.17) is 20.9 Å². The lowest BCUT2D eigenvalue weighted by molar-refractivity contribution is 0.462. The summed E-state index contributed by atoms with van der Waals surface area (Å²) in [6.07, 6.45) is 1.60. The monoisotopic (exact) mass is 372 g/mol. The predicted molar refractivity (Wildman–Crippen MR) is 111 cm³/mol. The summed E-state index contributed by atoms with van der Waals surface area (Å²) in [6.45, 7) is 3.87. The largest absolute Gasteiger partial charge is 0.457 e. The summed E-state index contributed by atoms with van der Waals surface area (Å²) >= 11 is 0. The van der Waals surface area contributed by atoms with Crippen LogP contribution in [0.25, 0.3) is 11.0 Å². The van der Waals surface area contributed by atoms with Gasteiger partial charge in [0.25, 0.3) is 0 Å². The molecule has 140 valence electrons. The molecular weight excluding hydrogens is 352 g/mol. The maximum absolute atomic E-state index is 5.93. The van der Waals surface area contributed by atoms with Gasteiger partial charge in [0.2, 0.25) is 5.88 Å². The fraction of sp³-hybridized carbons (Fsp3) is 0.0909. The highest BCUT2D eigenvalue weighted by atomic mass is 16.5. The Labute approximate surface area is 162 Å². The highest BCUT2D eigenvalue weighted by molar-refractivity contribution is 5.76. The third-order valence-electron chi connectivity index (χ3n) is 4.43. The zero-order chi connectivity index (χ0) is 19.7. The molecular formula is C22H20N4O2. The van der Waals surface area contributed by atoms with E-state index in [-0.39, 0.29) is 0 Å². The Balaban J connectivity index is 1.60. The Bertz CT molecular complexity index is 1090. The Hall–Kier alpha value is -3.80. The van der Waals surface area contributed by atoms with Gasteiger partial charge in [-0.3, -0.25) is 0 Å². The van der Waals surface area contributed by atoms with Crippen molar-refractivity contribution in [2.24, 2.45) is 0 Å². The van der Waals surface area contributed by atoms with Crippen molar-refractivity contribution < 1.29 is 9.47 Å². The molecule has 28 heavy (non-hydrogen) atoms. The molecule has 6 heteroatoms. The van der Waals surface area contributed by atoms with E-state index in [0.29, 0.717) is 28.6 Å². The summed E-state index contributed by atoms with van der Waals surface area (Å²) in [5, 5.41) is 0. The molecule has 0 saturated carbocycles. The van der Waals surface area contributed by atoms with Gasteiger partial charge in [0.15, 0.2) is 0 Å². The molecule has 4 aromatic rings. The summed E-state index contributed by atoms with van der Waals surface area (Å²) in [7, 11) is 0. The highest BCUT2D eigenvalue weighted by Gasteiger charge is 2.07. The highest BCUT2D eigenvalue weighted by Crippen LogP contribution is 2.28. The van der Waals surface area contributed by atoms with Gasteiger partial charge >= 0.3 is 0 Å². The zero-order valence-corrected chi connectivity index (χ0v) is 15.6. The summed E-state index contributed by atoms with van der Waals surface area (Å²) in [5.41, 5.74) is 16.5. The molecule has 0 amide bonds. The van der Waals surface area contributed by atoms with Crippen LogP contribution in [-0.2, 0) is 0 Å². The van der Waals surface area contributed by atoms with Crippen molar-refractivity contribution in [3.05, 3.63) is 71.9 Å². The number of hydrogen-bond acceptors (Lipinski definition) is 6. The van der Waals surface area contributed by atoms with Gasteiger partial charge < -0.3 is 20.9 Å². The zero-order valence-electron chi connectivity index (χ0n) is 15.6. The van der Waals surface area contributed by atoms with Crippen LogP contribution in [0.15, 0.2) is 60.8 Å². The van der Waals surface area contributed by atoms with Crippen LogP contribution >= 0.6 is 0 Å². The molecule has 3 aromatic carbocycles. The Kier molecular flexibility index (Phi) is 4.45. The van der Waals surface area contributed by atoms with E-state index in [0.717, 1.165) is 28.0 Å². The molecule has 6 nitrogen and oxygen atoms in total. The molecule has 4 rings (SSSR count).